The Balaban J connectivity index is 1.52. The van der Waals surface area contributed by atoms with Crippen LogP contribution in [0.1, 0.15) is 82.0 Å². The number of aromatic amines is 1. The molecule has 2 heterocycles. The van der Waals surface area contributed by atoms with Gasteiger partial charge >= 0.3 is 0 Å². The monoisotopic (exact) mass is 1020 g/mol. The maximum atomic E-state index is 14.6. The minimum absolute atomic E-state index is 0.00395. The van der Waals surface area contributed by atoms with Gasteiger partial charge in [0, 0.05) is 57.6 Å². The lowest BCUT2D eigenvalue weighted by atomic mass is 9.98. The Morgan fingerprint density at radius 2 is 1.43 bits per heavy atom. The summed E-state index contributed by atoms with van der Waals surface area (Å²) >= 11 is 0. The van der Waals surface area contributed by atoms with Crippen molar-refractivity contribution in [2.75, 3.05) is 13.1 Å². The first-order chi connectivity index (χ1) is 35.5. The fourth-order valence-electron chi connectivity index (χ4n) is 8.38. The number of aliphatic imine (C=N–C) groups is 1. The van der Waals surface area contributed by atoms with Crippen molar-refractivity contribution in [2.24, 2.45) is 22.2 Å². The molecule has 7 atom stereocenters. The van der Waals surface area contributed by atoms with Gasteiger partial charge in [0.15, 0.2) is 5.96 Å². The van der Waals surface area contributed by atoms with E-state index in [-0.39, 0.29) is 76.8 Å². The quantitative estimate of drug-likeness (QED) is 0.0307. The van der Waals surface area contributed by atoms with Gasteiger partial charge in [0.05, 0.1) is 6.33 Å². The number of unbranched alkanes of at least 4 members (excludes halogenated alkanes) is 1. The van der Waals surface area contributed by atoms with Crippen LogP contribution < -0.4 is 59.7 Å². The summed E-state index contributed by atoms with van der Waals surface area (Å²) in [5.41, 5.74) is 18.7. The topological polar surface area (TPSA) is 369 Å². The van der Waals surface area contributed by atoms with Gasteiger partial charge in [-0.15, -0.1) is 0 Å². The van der Waals surface area contributed by atoms with Crippen LogP contribution in [0.5, 0.6) is 0 Å². The Kier molecular flexibility index (Phi) is 21.9. The van der Waals surface area contributed by atoms with E-state index < -0.39 is 95.5 Å². The first-order valence-corrected chi connectivity index (χ1v) is 24.7. The zero-order valence-corrected chi connectivity index (χ0v) is 41.6. The number of rotatable bonds is 19. The zero-order chi connectivity index (χ0) is 53.6. The molecule has 15 N–H and O–H groups in total. The second-order valence-electron chi connectivity index (χ2n) is 18.1. The van der Waals surface area contributed by atoms with Crippen molar-refractivity contribution in [2.45, 2.75) is 127 Å². The number of hydrogen-bond acceptors (Lipinski definition) is 11. The number of imidazole rings is 1. The average molecular weight is 1020 g/mol. The van der Waals surface area contributed by atoms with E-state index in [4.69, 9.17) is 17.2 Å². The second-order valence-corrected chi connectivity index (χ2v) is 18.1. The minimum Gasteiger partial charge on any atom is -0.370 e. The van der Waals surface area contributed by atoms with Crippen LogP contribution in [-0.4, -0.2) is 124 Å². The number of carbonyl (C=O) groups is 9. The molecule has 74 heavy (non-hydrogen) atoms. The number of H-pyrrole nitrogens is 1. The van der Waals surface area contributed by atoms with Crippen molar-refractivity contribution >= 4 is 69.9 Å². The zero-order valence-electron chi connectivity index (χ0n) is 41.6. The summed E-state index contributed by atoms with van der Waals surface area (Å²) in [4.78, 5) is 136. The number of nitrogens with one attached hydrogen (secondary N) is 9. The number of primary amides is 1. The lowest BCUT2D eigenvalue weighted by molar-refractivity contribution is -0.135. The van der Waals surface area contributed by atoms with Crippen LogP contribution in [-0.2, 0) is 62.4 Å². The standard InChI is InChI=1S/C51H68N14O9/c1-3-4-18-36(59-30(2)66)45(69)61-38-20-21-43(67)56-24-22-39(48(72)63-40(44(52)68)26-33-16-10-15-32-14-8-9-17-35(32)33)62-46(70)37(19-11-23-57-51(53)54)60-49(73)41(25-31-12-6-5-7-13-31)64-50(74)42(65-47(38)71)27-34-28-55-29-58-34/h5-10,12-17,28-29,36-42H,3-4,11,18-27H2,1-2H3,(H2,52,68)(H,55,58)(H,56,67)(H,59,66)(H,60,73)(H,61,69)(H,62,70)(H,63,72)(H,64,74)(H,65,71)(H4,53,54,57)/t36-,37-,38-,39-,40-,41?,42-/m0/s1. The molecule has 396 valence electrons. The van der Waals surface area contributed by atoms with E-state index in [1.807, 2.05) is 43.3 Å². The van der Waals surface area contributed by atoms with Gasteiger partial charge in [-0.1, -0.05) is 92.6 Å². The van der Waals surface area contributed by atoms with Crippen LogP contribution in [0.3, 0.4) is 0 Å². The minimum atomic E-state index is -1.44. The van der Waals surface area contributed by atoms with Crippen LogP contribution in [0.15, 0.2) is 90.3 Å². The Hall–Kier alpha value is -8.37. The summed E-state index contributed by atoms with van der Waals surface area (Å²) in [6, 6.07) is 12.4. The van der Waals surface area contributed by atoms with Gasteiger partial charge < -0.3 is 64.7 Å². The molecule has 0 spiro atoms. The van der Waals surface area contributed by atoms with Crippen LogP contribution in [0.4, 0.5) is 0 Å². The van der Waals surface area contributed by atoms with E-state index >= 15 is 0 Å². The molecule has 0 aliphatic carbocycles. The predicted molar refractivity (Wildman–Crippen MR) is 275 cm³/mol. The molecule has 1 unspecified atom stereocenters. The second kappa shape index (κ2) is 28.6. The van der Waals surface area contributed by atoms with Crippen LogP contribution in [0.2, 0.25) is 0 Å². The molecular formula is C51H68N14O9. The van der Waals surface area contributed by atoms with Crippen molar-refractivity contribution in [1.29, 1.82) is 0 Å². The van der Waals surface area contributed by atoms with Crippen LogP contribution in [0.25, 0.3) is 10.8 Å². The van der Waals surface area contributed by atoms with E-state index in [0.717, 1.165) is 10.8 Å². The third-order valence-corrected chi connectivity index (χ3v) is 12.3. The highest BCUT2D eigenvalue weighted by Gasteiger charge is 2.35. The predicted octanol–water partition coefficient (Wildman–Crippen LogP) is -0.967. The summed E-state index contributed by atoms with van der Waals surface area (Å²) in [5, 5.41) is 23.3. The van der Waals surface area contributed by atoms with E-state index in [9.17, 15) is 43.2 Å². The van der Waals surface area contributed by atoms with Crippen molar-refractivity contribution in [3.63, 3.8) is 0 Å². The van der Waals surface area contributed by atoms with Crippen LogP contribution >= 0.6 is 0 Å². The number of carbonyl (C=O) groups excluding carboxylic acids is 9. The Labute approximate surface area is 428 Å². The molecule has 9 amide bonds. The smallest absolute Gasteiger partial charge is 0.243 e. The van der Waals surface area contributed by atoms with E-state index in [2.05, 4.69) is 57.5 Å². The van der Waals surface area contributed by atoms with Gasteiger partial charge in [-0.3, -0.25) is 48.1 Å². The third-order valence-electron chi connectivity index (χ3n) is 12.3. The van der Waals surface area contributed by atoms with Gasteiger partial charge in [0.2, 0.25) is 53.2 Å². The molecule has 1 aliphatic heterocycles. The fraction of sp³-hybridized carbons (Fsp3) is 0.431. The molecule has 0 saturated carbocycles. The molecule has 1 aliphatic rings. The maximum Gasteiger partial charge on any atom is 0.243 e. The number of hydrogen-bond donors (Lipinski definition) is 12. The molecule has 0 radical (unpaired) electrons. The molecule has 3 aromatic carbocycles. The first kappa shape index (κ1) is 56.5. The van der Waals surface area contributed by atoms with Gasteiger partial charge in [0.1, 0.15) is 42.3 Å². The Bertz CT molecular complexity index is 2600. The lowest BCUT2D eigenvalue weighted by Gasteiger charge is -2.28. The summed E-state index contributed by atoms with van der Waals surface area (Å²) in [6.45, 7) is 2.99. The highest BCUT2D eigenvalue weighted by molar-refractivity contribution is 5.98. The van der Waals surface area contributed by atoms with Gasteiger partial charge in [0.25, 0.3) is 0 Å². The van der Waals surface area contributed by atoms with Crippen molar-refractivity contribution in [3.05, 3.63) is 102 Å². The highest BCUT2D eigenvalue weighted by atomic mass is 16.2. The normalized spacial score (nSPS) is 20.0. The summed E-state index contributed by atoms with van der Waals surface area (Å²) in [7, 11) is 0. The maximum absolute atomic E-state index is 14.6. The Morgan fingerprint density at radius 1 is 0.757 bits per heavy atom. The molecular weight excluding hydrogens is 953 g/mol. The molecule has 23 nitrogen and oxygen atoms in total. The lowest BCUT2D eigenvalue weighted by Crippen LogP contribution is -2.60. The third kappa shape index (κ3) is 18.0. The molecule has 4 aromatic rings. The number of guanidine groups is 1. The number of nitrogens with zero attached hydrogens (tertiary/aromatic N) is 2. The molecule has 23 heteroatoms. The van der Waals surface area contributed by atoms with E-state index in [1.165, 1.54) is 19.4 Å². The SMILES string of the molecule is CCCC[C@H](NC(C)=O)C(=O)N[C@H]1CCC(=O)NCC[C@@H](C(=O)N[C@@H](Cc2cccc3ccccc23)C(N)=O)NC(=O)[C@H](CCCN=C(N)N)NC(=O)C(Cc2ccccc2)NC(=O)[C@H](Cc2cnc[nH]2)NC1=O. The van der Waals surface area contributed by atoms with Gasteiger partial charge in [-0.05, 0) is 54.0 Å². The van der Waals surface area contributed by atoms with E-state index in [0.29, 0.717) is 29.7 Å². The Morgan fingerprint density at radius 3 is 2.12 bits per heavy atom. The van der Waals surface area contributed by atoms with Crippen molar-refractivity contribution in [3.8, 4) is 0 Å². The van der Waals surface area contributed by atoms with E-state index in [1.54, 1.807) is 36.4 Å². The molecule has 1 fully saturated rings. The summed E-state index contributed by atoms with van der Waals surface area (Å²) in [6.07, 6.45) is 3.27. The molecule has 5 rings (SSSR count). The molecule has 1 aromatic heterocycles. The first-order valence-electron chi connectivity index (χ1n) is 24.7. The van der Waals surface area contributed by atoms with Gasteiger partial charge in [-0.2, -0.15) is 0 Å². The average Bonchev–Trinajstić information content (AvgIpc) is 3.89. The summed E-state index contributed by atoms with van der Waals surface area (Å²) < 4.78 is 0. The number of fused-ring (bicyclic) bond motifs is 1. The van der Waals surface area contributed by atoms with Crippen molar-refractivity contribution in [1.82, 2.24) is 52.5 Å². The largest absolute Gasteiger partial charge is 0.370 e. The van der Waals surface area contributed by atoms with Gasteiger partial charge in [-0.25, -0.2) is 4.98 Å². The number of benzene rings is 3. The number of aromatic nitrogens is 2. The van der Waals surface area contributed by atoms with Crippen LogP contribution in [0, 0.1) is 0 Å². The molecule has 0 bridgehead atoms. The summed E-state index contributed by atoms with van der Waals surface area (Å²) in [5.74, 6) is -7.02. The number of nitrogens with two attached hydrogens (primary N) is 3. The number of amides is 9. The highest BCUT2D eigenvalue weighted by Crippen LogP contribution is 2.20. The fourth-order valence-corrected chi connectivity index (χ4v) is 8.38. The molecule has 1 saturated heterocycles. The van der Waals surface area contributed by atoms with Crippen molar-refractivity contribution < 1.29 is 43.2 Å².